The first-order valence-electron chi connectivity index (χ1n) is 9.77. The molecular weight excluding hydrogens is 372 g/mol. The molecule has 1 aromatic carbocycles. The number of fused-ring (bicyclic) bond motifs is 1. The van der Waals surface area contributed by atoms with Crippen LogP contribution in [0, 0.1) is 5.92 Å². The van der Waals surface area contributed by atoms with Crippen molar-refractivity contribution in [3.63, 3.8) is 0 Å². The van der Waals surface area contributed by atoms with Crippen LogP contribution in [0.15, 0.2) is 40.5 Å². The number of amides is 1. The first-order chi connectivity index (χ1) is 13.7. The van der Waals surface area contributed by atoms with Gasteiger partial charge >= 0.3 is 0 Å². The topological polar surface area (TPSA) is 78.1 Å². The number of nitrogens with one attached hydrogen (secondary N) is 2. The molecule has 0 saturated carbocycles. The number of thiophene rings is 1. The first kappa shape index (κ1) is 18.7. The number of hydrogen-bond donors (Lipinski definition) is 2. The van der Waals surface area contributed by atoms with Crippen molar-refractivity contribution in [3.8, 4) is 11.1 Å². The number of aromatic nitrogens is 2. The van der Waals surface area contributed by atoms with Crippen molar-refractivity contribution >= 4 is 33.4 Å². The van der Waals surface area contributed by atoms with Crippen LogP contribution >= 0.6 is 11.3 Å². The van der Waals surface area contributed by atoms with Gasteiger partial charge in [0.2, 0.25) is 11.9 Å². The molecule has 0 unspecified atom stereocenters. The monoisotopic (exact) mass is 396 g/mol. The maximum atomic E-state index is 12.7. The zero-order valence-corrected chi connectivity index (χ0v) is 16.7. The predicted octanol–water partition coefficient (Wildman–Crippen LogP) is 3.39. The highest BCUT2D eigenvalue weighted by Crippen LogP contribution is 2.32. The molecular formula is C21H24N4O2S. The molecule has 4 rings (SSSR count). The van der Waals surface area contributed by atoms with Gasteiger partial charge in [-0.3, -0.25) is 14.6 Å². The normalized spacial score (nSPS) is 17.0. The third-order valence-electron chi connectivity index (χ3n) is 5.14. The summed E-state index contributed by atoms with van der Waals surface area (Å²) in [4.78, 5) is 34.8. The number of piperidine rings is 1. The Kier molecular flexibility index (Phi) is 5.43. The number of carbonyl (C=O) groups excluding carboxylic acids is 1. The molecule has 1 saturated heterocycles. The maximum Gasteiger partial charge on any atom is 0.270 e. The fourth-order valence-corrected chi connectivity index (χ4v) is 4.57. The molecule has 6 nitrogen and oxygen atoms in total. The third kappa shape index (κ3) is 3.67. The number of anilines is 1. The fourth-order valence-electron chi connectivity index (χ4n) is 3.66. The Balaban J connectivity index is 1.65. The molecule has 0 spiro atoms. The molecule has 2 aromatic heterocycles. The molecule has 0 radical (unpaired) electrons. The van der Waals surface area contributed by atoms with E-state index >= 15 is 0 Å². The Labute approximate surface area is 167 Å². The zero-order chi connectivity index (χ0) is 19.5. The van der Waals surface area contributed by atoms with Gasteiger partial charge in [0.25, 0.3) is 5.56 Å². The van der Waals surface area contributed by atoms with Crippen molar-refractivity contribution in [1.82, 2.24) is 15.3 Å². The maximum absolute atomic E-state index is 12.7. The van der Waals surface area contributed by atoms with Crippen LogP contribution in [-0.4, -0.2) is 35.5 Å². The lowest BCUT2D eigenvalue weighted by atomic mass is 9.97. The van der Waals surface area contributed by atoms with Crippen LogP contribution in [0.3, 0.4) is 0 Å². The highest BCUT2D eigenvalue weighted by atomic mass is 32.1. The van der Waals surface area contributed by atoms with E-state index in [9.17, 15) is 9.59 Å². The highest BCUT2D eigenvalue weighted by Gasteiger charge is 2.27. The summed E-state index contributed by atoms with van der Waals surface area (Å²) < 4.78 is 0.636. The number of aromatic amines is 1. The van der Waals surface area contributed by atoms with E-state index < -0.39 is 0 Å². The van der Waals surface area contributed by atoms with Crippen LogP contribution in [0.1, 0.15) is 26.2 Å². The minimum absolute atomic E-state index is 0.0719. The van der Waals surface area contributed by atoms with Gasteiger partial charge in [0, 0.05) is 30.6 Å². The molecule has 0 bridgehead atoms. The Morgan fingerprint density at radius 1 is 1.36 bits per heavy atom. The number of rotatable bonds is 5. The molecule has 1 atom stereocenters. The summed E-state index contributed by atoms with van der Waals surface area (Å²) in [6.07, 6.45) is 2.70. The van der Waals surface area contributed by atoms with Gasteiger partial charge in [0.1, 0.15) is 4.70 Å². The number of nitrogens with zero attached hydrogens (tertiary/aromatic N) is 2. The Morgan fingerprint density at radius 2 is 2.18 bits per heavy atom. The van der Waals surface area contributed by atoms with Crippen molar-refractivity contribution in [2.45, 2.75) is 26.2 Å². The standard InChI is InChI=1S/C21H24N4O2S/c1-2-10-22-19(26)15-9-6-11-25(12-15)21-23-17-16(14-7-4-3-5-8-14)13-28-18(17)20(27)24-21/h3-5,7-8,13,15H,2,6,9-12H2,1H3,(H,22,26)(H,23,24,27)/t15-/m1/s1. The summed E-state index contributed by atoms with van der Waals surface area (Å²) in [5.41, 5.74) is 2.63. The van der Waals surface area contributed by atoms with Crippen molar-refractivity contribution < 1.29 is 4.79 Å². The lowest BCUT2D eigenvalue weighted by Crippen LogP contribution is -2.44. The Morgan fingerprint density at radius 3 is 2.96 bits per heavy atom. The van der Waals surface area contributed by atoms with Crippen molar-refractivity contribution in [2.75, 3.05) is 24.5 Å². The van der Waals surface area contributed by atoms with Crippen LogP contribution in [0.4, 0.5) is 5.95 Å². The van der Waals surface area contributed by atoms with Gasteiger partial charge in [-0.15, -0.1) is 11.3 Å². The van der Waals surface area contributed by atoms with E-state index in [1.54, 1.807) is 0 Å². The minimum atomic E-state index is -0.121. The smallest absolute Gasteiger partial charge is 0.270 e. The quantitative estimate of drug-likeness (QED) is 0.693. The SMILES string of the molecule is CCCNC(=O)[C@@H]1CCCN(c2nc3c(-c4ccccc4)csc3c(=O)[nH]2)C1. The summed E-state index contributed by atoms with van der Waals surface area (Å²) in [5, 5.41) is 4.97. The van der Waals surface area contributed by atoms with Gasteiger partial charge in [-0.25, -0.2) is 4.98 Å². The summed E-state index contributed by atoms with van der Waals surface area (Å²) >= 11 is 1.42. The largest absolute Gasteiger partial charge is 0.356 e. The Hall–Kier alpha value is -2.67. The second-order valence-electron chi connectivity index (χ2n) is 7.16. The molecule has 2 N–H and O–H groups in total. The molecule has 1 fully saturated rings. The molecule has 28 heavy (non-hydrogen) atoms. The zero-order valence-electron chi connectivity index (χ0n) is 15.9. The molecule has 146 valence electrons. The molecule has 0 aliphatic carbocycles. The average Bonchev–Trinajstić information content (AvgIpc) is 3.17. The van der Waals surface area contributed by atoms with E-state index in [1.807, 2.05) is 47.5 Å². The van der Waals surface area contributed by atoms with Gasteiger partial charge in [-0.1, -0.05) is 37.3 Å². The van der Waals surface area contributed by atoms with Crippen molar-refractivity contribution in [2.24, 2.45) is 5.92 Å². The van der Waals surface area contributed by atoms with Gasteiger partial charge < -0.3 is 10.2 Å². The number of benzene rings is 1. The van der Waals surface area contributed by atoms with E-state index in [4.69, 9.17) is 4.98 Å². The average molecular weight is 397 g/mol. The molecule has 3 aromatic rings. The molecule has 1 amide bonds. The van der Waals surface area contributed by atoms with Gasteiger partial charge in [0.05, 0.1) is 11.4 Å². The third-order valence-corrected chi connectivity index (χ3v) is 6.11. The highest BCUT2D eigenvalue weighted by molar-refractivity contribution is 7.17. The van der Waals surface area contributed by atoms with Gasteiger partial charge in [-0.2, -0.15) is 0 Å². The molecule has 3 heterocycles. The van der Waals surface area contributed by atoms with E-state index in [0.29, 0.717) is 23.7 Å². The van der Waals surface area contributed by atoms with E-state index in [0.717, 1.165) is 42.5 Å². The van der Waals surface area contributed by atoms with Crippen molar-refractivity contribution in [1.29, 1.82) is 0 Å². The molecule has 7 heteroatoms. The number of hydrogen-bond acceptors (Lipinski definition) is 5. The fraction of sp³-hybridized carbons (Fsp3) is 0.381. The molecule has 1 aliphatic heterocycles. The predicted molar refractivity (Wildman–Crippen MR) is 114 cm³/mol. The number of H-pyrrole nitrogens is 1. The molecule has 1 aliphatic rings. The van der Waals surface area contributed by atoms with E-state index in [1.165, 1.54) is 11.3 Å². The van der Waals surface area contributed by atoms with Crippen LogP contribution in [0.25, 0.3) is 21.3 Å². The van der Waals surface area contributed by atoms with Crippen LogP contribution < -0.4 is 15.8 Å². The summed E-state index contributed by atoms with van der Waals surface area (Å²) in [6.45, 7) is 4.11. The summed E-state index contributed by atoms with van der Waals surface area (Å²) in [7, 11) is 0. The van der Waals surface area contributed by atoms with Crippen LogP contribution in [-0.2, 0) is 4.79 Å². The summed E-state index contributed by atoms with van der Waals surface area (Å²) in [6, 6.07) is 9.99. The number of carbonyl (C=O) groups is 1. The first-order valence-corrected chi connectivity index (χ1v) is 10.6. The summed E-state index contributed by atoms with van der Waals surface area (Å²) in [5.74, 6) is 0.578. The Bertz CT molecular complexity index is 1030. The van der Waals surface area contributed by atoms with Gasteiger partial charge in [0.15, 0.2) is 0 Å². The lowest BCUT2D eigenvalue weighted by Gasteiger charge is -2.32. The van der Waals surface area contributed by atoms with E-state index in [2.05, 4.69) is 10.3 Å². The van der Waals surface area contributed by atoms with Crippen molar-refractivity contribution in [3.05, 3.63) is 46.1 Å². The lowest BCUT2D eigenvalue weighted by molar-refractivity contribution is -0.125. The van der Waals surface area contributed by atoms with Crippen LogP contribution in [0.5, 0.6) is 0 Å². The van der Waals surface area contributed by atoms with Gasteiger partial charge in [-0.05, 0) is 24.8 Å². The minimum Gasteiger partial charge on any atom is -0.356 e. The van der Waals surface area contributed by atoms with E-state index in [-0.39, 0.29) is 17.4 Å². The second-order valence-corrected chi connectivity index (χ2v) is 8.04. The second kappa shape index (κ2) is 8.14. The van der Waals surface area contributed by atoms with Crippen LogP contribution in [0.2, 0.25) is 0 Å².